The van der Waals surface area contributed by atoms with Gasteiger partial charge in [0.2, 0.25) is 5.91 Å². The second kappa shape index (κ2) is 6.59. The molecular formula is C17H20FN3O3S. The molecule has 1 aromatic carbocycles. The third-order valence-corrected chi connectivity index (χ3v) is 6.17. The van der Waals surface area contributed by atoms with Crippen LogP contribution in [0.25, 0.3) is 0 Å². The van der Waals surface area contributed by atoms with Gasteiger partial charge in [-0.05, 0) is 24.6 Å². The maximum absolute atomic E-state index is 13.5. The lowest BCUT2D eigenvalue weighted by atomic mass is 9.98. The summed E-state index contributed by atoms with van der Waals surface area (Å²) >= 11 is 0. The van der Waals surface area contributed by atoms with Gasteiger partial charge >= 0.3 is 0 Å². The smallest absolute Gasteiger partial charge is 0.230 e. The minimum Gasteiger partial charge on any atom is -0.333 e. The standard InChI is InChI=1S/C17H20FN3O3S/c1-12(13-4-3-5-15(18)8-13)17(22)21-6-7-25(23,24)11-16(21)14-9-19-20(2)10-14/h3-5,8-10,12,16H,6-7,11H2,1-2H3/t12-,16+/m0/s1. The van der Waals surface area contributed by atoms with Gasteiger partial charge in [-0.2, -0.15) is 5.10 Å². The van der Waals surface area contributed by atoms with Gasteiger partial charge in [-0.1, -0.05) is 12.1 Å². The molecule has 8 heteroatoms. The second-order valence-electron chi connectivity index (χ2n) is 6.39. The number of halogens is 1. The molecule has 1 amide bonds. The van der Waals surface area contributed by atoms with Crippen LogP contribution in [0.5, 0.6) is 0 Å². The van der Waals surface area contributed by atoms with Crippen LogP contribution in [0.15, 0.2) is 36.7 Å². The fourth-order valence-corrected chi connectivity index (χ4v) is 4.62. The highest BCUT2D eigenvalue weighted by Gasteiger charge is 2.37. The third kappa shape index (κ3) is 3.73. The molecule has 0 spiro atoms. The Bertz CT molecular complexity index is 894. The Morgan fingerprint density at radius 1 is 1.40 bits per heavy atom. The number of hydrogen-bond donors (Lipinski definition) is 0. The van der Waals surface area contributed by atoms with E-state index in [2.05, 4.69) is 5.10 Å². The molecule has 0 aliphatic carbocycles. The quantitative estimate of drug-likeness (QED) is 0.829. The number of aryl methyl sites for hydroxylation is 1. The summed E-state index contributed by atoms with van der Waals surface area (Å²) in [5, 5.41) is 4.08. The number of aromatic nitrogens is 2. The van der Waals surface area contributed by atoms with Crippen molar-refractivity contribution in [1.29, 1.82) is 0 Å². The first-order chi connectivity index (χ1) is 11.8. The van der Waals surface area contributed by atoms with E-state index in [0.29, 0.717) is 11.1 Å². The van der Waals surface area contributed by atoms with Gasteiger partial charge < -0.3 is 4.90 Å². The van der Waals surface area contributed by atoms with E-state index in [-0.39, 0.29) is 24.0 Å². The van der Waals surface area contributed by atoms with Crippen molar-refractivity contribution in [2.75, 3.05) is 18.1 Å². The number of hydrogen-bond acceptors (Lipinski definition) is 4. The first-order valence-electron chi connectivity index (χ1n) is 8.02. The first kappa shape index (κ1) is 17.6. The number of carbonyl (C=O) groups excluding carboxylic acids is 1. The summed E-state index contributed by atoms with van der Waals surface area (Å²) in [4.78, 5) is 14.6. The lowest BCUT2D eigenvalue weighted by molar-refractivity contribution is -0.134. The van der Waals surface area contributed by atoms with Crippen molar-refractivity contribution in [3.63, 3.8) is 0 Å². The van der Waals surface area contributed by atoms with Crippen molar-refractivity contribution < 1.29 is 17.6 Å². The molecule has 1 fully saturated rings. The van der Waals surface area contributed by atoms with Crippen molar-refractivity contribution in [2.45, 2.75) is 18.9 Å². The van der Waals surface area contributed by atoms with Gasteiger partial charge in [0.15, 0.2) is 9.84 Å². The van der Waals surface area contributed by atoms with Crippen LogP contribution in [-0.2, 0) is 21.7 Å². The summed E-state index contributed by atoms with van der Waals surface area (Å²) < 4.78 is 39.2. The van der Waals surface area contributed by atoms with Crippen LogP contribution in [0.1, 0.15) is 30.0 Å². The Morgan fingerprint density at radius 3 is 2.80 bits per heavy atom. The Kier molecular flexibility index (Phi) is 4.64. The van der Waals surface area contributed by atoms with Gasteiger partial charge in [0.25, 0.3) is 0 Å². The molecule has 25 heavy (non-hydrogen) atoms. The lowest BCUT2D eigenvalue weighted by Gasteiger charge is -2.36. The van der Waals surface area contributed by atoms with Gasteiger partial charge in [-0.15, -0.1) is 0 Å². The number of benzene rings is 1. The normalized spacial score (nSPS) is 21.1. The first-order valence-corrected chi connectivity index (χ1v) is 9.84. The Morgan fingerprint density at radius 2 is 2.16 bits per heavy atom. The molecule has 2 aromatic rings. The van der Waals surface area contributed by atoms with E-state index in [0.717, 1.165) is 0 Å². The summed E-state index contributed by atoms with van der Waals surface area (Å²) in [6.45, 7) is 1.83. The van der Waals surface area contributed by atoms with Gasteiger partial charge in [0, 0.05) is 25.4 Å². The van der Waals surface area contributed by atoms with E-state index >= 15 is 0 Å². The van der Waals surface area contributed by atoms with Crippen molar-refractivity contribution in [1.82, 2.24) is 14.7 Å². The van der Waals surface area contributed by atoms with Crippen molar-refractivity contribution in [3.05, 3.63) is 53.6 Å². The molecule has 1 aliphatic rings. The van der Waals surface area contributed by atoms with E-state index in [1.807, 2.05) is 0 Å². The molecular weight excluding hydrogens is 345 g/mol. The fraction of sp³-hybridized carbons (Fsp3) is 0.412. The van der Waals surface area contributed by atoms with Gasteiger partial charge in [-0.3, -0.25) is 9.48 Å². The van der Waals surface area contributed by atoms with Crippen LogP contribution in [0.4, 0.5) is 4.39 Å². The van der Waals surface area contributed by atoms with Crippen molar-refractivity contribution in [2.24, 2.45) is 7.05 Å². The third-order valence-electron chi connectivity index (χ3n) is 4.54. The average molecular weight is 365 g/mol. The van der Waals surface area contributed by atoms with Gasteiger partial charge in [0.05, 0.1) is 29.7 Å². The average Bonchev–Trinajstić information content (AvgIpc) is 2.99. The summed E-state index contributed by atoms with van der Waals surface area (Å²) in [7, 11) is -1.49. The maximum Gasteiger partial charge on any atom is 0.230 e. The molecule has 0 N–H and O–H groups in total. The number of nitrogens with zero attached hydrogens (tertiary/aromatic N) is 3. The summed E-state index contributed by atoms with van der Waals surface area (Å²) in [5.74, 6) is -1.36. The number of amides is 1. The van der Waals surface area contributed by atoms with E-state index < -0.39 is 27.6 Å². The largest absolute Gasteiger partial charge is 0.333 e. The lowest BCUT2D eigenvalue weighted by Crippen LogP contribution is -2.47. The topological polar surface area (TPSA) is 72.3 Å². The van der Waals surface area contributed by atoms with E-state index in [4.69, 9.17) is 0 Å². The minimum absolute atomic E-state index is 0.0641. The summed E-state index contributed by atoms with van der Waals surface area (Å²) in [5.41, 5.74) is 1.26. The molecule has 0 unspecified atom stereocenters. The predicted molar refractivity (Wildman–Crippen MR) is 91.1 cm³/mol. The molecule has 1 saturated heterocycles. The van der Waals surface area contributed by atoms with Crippen LogP contribution in [0, 0.1) is 5.82 Å². The number of rotatable bonds is 3. The maximum atomic E-state index is 13.5. The van der Waals surface area contributed by atoms with Crippen LogP contribution in [0.2, 0.25) is 0 Å². The Labute approximate surface area is 146 Å². The van der Waals surface area contributed by atoms with Crippen LogP contribution in [0.3, 0.4) is 0 Å². The Balaban J connectivity index is 1.91. The Hall–Kier alpha value is -2.22. The number of sulfone groups is 1. The van der Waals surface area contributed by atoms with E-state index in [1.165, 1.54) is 12.1 Å². The highest BCUT2D eigenvalue weighted by atomic mass is 32.2. The molecule has 6 nitrogen and oxygen atoms in total. The molecule has 0 radical (unpaired) electrons. The molecule has 3 rings (SSSR count). The molecule has 1 aromatic heterocycles. The molecule has 0 saturated carbocycles. The van der Waals surface area contributed by atoms with Crippen LogP contribution in [-0.4, -0.2) is 47.1 Å². The van der Waals surface area contributed by atoms with Gasteiger partial charge in [-0.25, -0.2) is 12.8 Å². The molecule has 2 heterocycles. The minimum atomic E-state index is -3.23. The van der Waals surface area contributed by atoms with E-state index in [9.17, 15) is 17.6 Å². The summed E-state index contributed by atoms with van der Waals surface area (Å²) in [6.07, 6.45) is 3.30. The SMILES string of the molecule is C[C@H](C(=O)N1CCS(=O)(=O)C[C@@H]1c1cnn(C)c1)c1cccc(F)c1. The zero-order valence-corrected chi connectivity index (χ0v) is 14.9. The molecule has 0 bridgehead atoms. The monoisotopic (exact) mass is 365 g/mol. The molecule has 134 valence electrons. The van der Waals surface area contributed by atoms with Crippen molar-refractivity contribution in [3.8, 4) is 0 Å². The highest BCUT2D eigenvalue weighted by molar-refractivity contribution is 7.91. The zero-order valence-electron chi connectivity index (χ0n) is 14.1. The van der Waals surface area contributed by atoms with Crippen LogP contribution < -0.4 is 0 Å². The van der Waals surface area contributed by atoms with Crippen molar-refractivity contribution >= 4 is 15.7 Å². The number of carbonyl (C=O) groups is 1. The molecule has 2 atom stereocenters. The van der Waals surface area contributed by atoms with Crippen LogP contribution >= 0.6 is 0 Å². The molecule has 1 aliphatic heterocycles. The van der Waals surface area contributed by atoms with E-state index in [1.54, 1.807) is 48.1 Å². The second-order valence-corrected chi connectivity index (χ2v) is 8.61. The fourth-order valence-electron chi connectivity index (χ4n) is 3.13. The van der Waals surface area contributed by atoms with Gasteiger partial charge in [0.1, 0.15) is 5.82 Å². The summed E-state index contributed by atoms with van der Waals surface area (Å²) in [6, 6.07) is 5.35. The highest BCUT2D eigenvalue weighted by Crippen LogP contribution is 2.30. The zero-order chi connectivity index (χ0) is 18.2. The predicted octanol–water partition coefficient (Wildman–Crippen LogP) is 1.66.